The molecule has 0 bridgehead atoms. The molecule has 121 heavy (non-hydrogen) atoms. The molecule has 5 N–H and O–H groups in total. The van der Waals surface area contributed by atoms with Crippen molar-refractivity contribution in [3.8, 4) is 22.5 Å². The summed E-state index contributed by atoms with van der Waals surface area (Å²) in [7, 11) is 0.694. The van der Waals surface area contributed by atoms with Crippen molar-refractivity contribution in [1.29, 1.82) is 0 Å². The fourth-order valence-electron chi connectivity index (χ4n) is 15.2. The monoisotopic (exact) mass is 1910 g/mol. The summed E-state index contributed by atoms with van der Waals surface area (Å²) in [6.07, 6.45) is 5.63. The van der Waals surface area contributed by atoms with Gasteiger partial charge in [-0.25, -0.2) is 9.36 Å². The maximum absolute atomic E-state index is 13.7. The number of ketones is 3. The third-order valence-electron chi connectivity index (χ3n) is 20.3. The molecule has 0 saturated heterocycles. The molecule has 0 spiro atoms. The van der Waals surface area contributed by atoms with E-state index in [-0.39, 0.29) is 55.9 Å². The maximum Gasteiger partial charge on any atom is 0.569 e. The first kappa shape index (κ1) is 90.3. The Bertz CT molecular complexity index is 6060. The predicted molar refractivity (Wildman–Crippen MR) is 484 cm³/mol. The first-order valence-electron chi connectivity index (χ1n) is 39.1. The molecule has 10 aromatic rings. The Labute approximate surface area is 745 Å². The van der Waals surface area contributed by atoms with Crippen LogP contribution in [0, 0.1) is 0 Å². The summed E-state index contributed by atoms with van der Waals surface area (Å²) < 4.78 is 51.7. The number of H-pyrrole nitrogens is 1. The van der Waals surface area contributed by atoms with E-state index >= 15 is 0 Å². The molecule has 16 rings (SSSR count). The van der Waals surface area contributed by atoms with Crippen LogP contribution in [-0.2, 0) is 81.5 Å². The van der Waals surface area contributed by atoms with Crippen LogP contribution >= 0.6 is 96.5 Å². The summed E-state index contributed by atoms with van der Waals surface area (Å²) >= 11 is 36.4. The number of hydrogen-bond acceptors (Lipinski definition) is 11. The fraction of sp³-hybridized carbons (Fsp3) is 0.234. The summed E-state index contributed by atoms with van der Waals surface area (Å²) in [5.74, 6) is -1.95. The number of benzene rings is 8. The number of aromatic nitrogens is 2. The van der Waals surface area contributed by atoms with Gasteiger partial charge in [0.05, 0.1) is 17.0 Å². The van der Waals surface area contributed by atoms with Gasteiger partial charge in [0.15, 0.2) is 17.3 Å². The zero-order valence-corrected chi connectivity index (χ0v) is 73.3. The molecule has 0 amide bonds. The average Bonchev–Trinajstić information content (AvgIpc) is 1.60. The van der Waals surface area contributed by atoms with Gasteiger partial charge in [0.1, 0.15) is 5.60 Å². The second-order valence-corrected chi connectivity index (χ2v) is 34.3. The van der Waals surface area contributed by atoms with Crippen LogP contribution in [-0.4, -0.2) is 97.0 Å². The van der Waals surface area contributed by atoms with Crippen LogP contribution in [0.5, 0.6) is 0 Å². The molecule has 0 saturated carbocycles. The first-order chi connectivity index (χ1) is 58.0. The van der Waals surface area contributed by atoms with Crippen molar-refractivity contribution in [3.05, 3.63) is 286 Å². The smallest absolute Gasteiger partial charge is 0.540 e. The molecule has 0 unspecified atom stereocenters. The van der Waals surface area contributed by atoms with Crippen molar-refractivity contribution in [2.45, 2.75) is 143 Å². The molecule has 2 heterocycles. The number of aldehydes is 1. The van der Waals surface area contributed by atoms with Crippen LogP contribution in [0.2, 0.25) is 25.1 Å². The van der Waals surface area contributed by atoms with E-state index in [0.29, 0.717) is 101 Å². The summed E-state index contributed by atoms with van der Waals surface area (Å²) in [6, 6.07) is 50.6. The van der Waals surface area contributed by atoms with Gasteiger partial charge >= 0.3 is 37.9 Å². The lowest BCUT2D eigenvalue weighted by Crippen LogP contribution is -2.27. The number of rotatable bonds is 21. The van der Waals surface area contributed by atoms with E-state index in [4.69, 9.17) is 93.9 Å². The first-order valence-corrected chi connectivity index (χ1v) is 42.2. The fourth-order valence-corrected chi connectivity index (χ4v) is 17.5. The Morgan fingerprint density at radius 1 is 0.529 bits per heavy atom. The van der Waals surface area contributed by atoms with Crippen molar-refractivity contribution < 1.29 is 82.6 Å². The summed E-state index contributed by atoms with van der Waals surface area (Å²) in [5.41, 5.74) is 23.5. The number of Topliss-reactive ketones (excluding diaryl/α,β-unsaturated/α-hetero) is 3. The van der Waals surface area contributed by atoms with Gasteiger partial charge in [-0.3, -0.25) is 33.6 Å². The van der Waals surface area contributed by atoms with E-state index in [0.717, 1.165) is 149 Å². The number of fused-ring (bicyclic) bond motifs is 8. The Morgan fingerprint density at radius 3 is 1.45 bits per heavy atom. The number of aliphatic carboxylic acids is 3. The summed E-state index contributed by atoms with van der Waals surface area (Å²) in [5, 5.41) is 40.4. The van der Waals surface area contributed by atoms with Gasteiger partial charge in [-0.1, -0.05) is 148 Å². The molecule has 6 aliphatic carbocycles. The van der Waals surface area contributed by atoms with Crippen LogP contribution in [0.4, 0.5) is 18.0 Å². The van der Waals surface area contributed by atoms with Crippen molar-refractivity contribution in [2.75, 3.05) is 0 Å². The zero-order valence-electron chi connectivity index (χ0n) is 66.8. The third kappa shape index (κ3) is 23.3. The molecule has 0 aliphatic heterocycles. The number of alkyl halides is 3. The largest absolute Gasteiger partial charge is 0.569 e. The minimum absolute atomic E-state index is 0.00195. The molecule has 0 atom stereocenters. The number of carbonyl (C=O) groups is 8. The van der Waals surface area contributed by atoms with Crippen molar-refractivity contribution in [2.24, 2.45) is 0 Å². The highest BCUT2D eigenvalue weighted by Gasteiger charge is 2.35. The van der Waals surface area contributed by atoms with E-state index in [2.05, 4.69) is 67.8 Å². The molecule has 16 nitrogen and oxygen atoms in total. The lowest BCUT2D eigenvalue weighted by atomic mass is 9.93. The number of nitrogens with zero attached hydrogens (tertiary/aromatic N) is 1. The summed E-state index contributed by atoms with van der Waals surface area (Å²) in [4.78, 5) is 97.7. The van der Waals surface area contributed by atoms with Crippen LogP contribution in [0.3, 0.4) is 0 Å². The normalized spacial score (nSPS) is 13.7. The van der Waals surface area contributed by atoms with Gasteiger partial charge in [0.2, 0.25) is 6.29 Å². The average molecular weight is 1910 g/mol. The van der Waals surface area contributed by atoms with E-state index < -0.39 is 42.1 Å². The molecule has 6 aliphatic rings. The third-order valence-corrected chi connectivity index (χ3v) is 22.9. The van der Waals surface area contributed by atoms with E-state index in [1.54, 1.807) is 17.6 Å². The second-order valence-electron chi connectivity index (χ2n) is 29.9. The molecular formula is C94H80BBrCl5F3IN2O14. The predicted octanol–water partition coefficient (Wildman–Crippen LogP) is 24.6. The number of hydrogen-bond donors (Lipinski definition) is 5. The molecule has 0 fully saturated rings. The highest BCUT2D eigenvalue weighted by atomic mass is 127. The van der Waals surface area contributed by atoms with Gasteiger partial charge in [-0.15, -0.1) is 0 Å². The van der Waals surface area contributed by atoms with Gasteiger partial charge < -0.3 is 34.7 Å². The van der Waals surface area contributed by atoms with Crippen LogP contribution < -0.4 is 0 Å². The highest BCUT2D eigenvalue weighted by Crippen LogP contribution is 2.47. The molecular weight excluding hydrogens is 1830 g/mol. The van der Waals surface area contributed by atoms with Crippen molar-refractivity contribution >= 4 is 209 Å². The lowest BCUT2D eigenvalue weighted by Gasteiger charge is -2.21. The SMILES string of the molecule is CC(C)(C)OC(=O)n1c(-c2ccc3c(c2)CC(C2=Cc4cc(Cl)ccc4C2)=C3C(=O)CCCC(=O)O)cc2cc(Cl)ccc21.O=C(O)CCCC(=O)C1=C(C2=Cc3cc(Cl)ccc3C2)Cc2cc(-c3cc4cc(Cl)ccc4[nH]3)ccc21.O=C(O)CCCC(=O)C1=C(I)Cc2cc(Br)ccc21.O=CC(F)(F)F.O[B]OC1=Cc2cc(Cl)ccc2C1.[2H]CC. The van der Waals surface area contributed by atoms with Crippen LogP contribution in [0.15, 0.2) is 194 Å². The number of nitrogens with one attached hydrogen (secondary N) is 1. The Kier molecular flexibility index (Phi) is 30.2. The Balaban J connectivity index is 0.000000166. The number of halogens is 10. The number of carbonyl (C=O) groups excluding carboxylic acids is 5. The second kappa shape index (κ2) is 40.4. The summed E-state index contributed by atoms with van der Waals surface area (Å²) in [6.45, 7) is 7.78. The molecule has 623 valence electrons. The van der Waals surface area contributed by atoms with Crippen LogP contribution in [0.25, 0.3) is 79.3 Å². The maximum atomic E-state index is 13.7. The van der Waals surface area contributed by atoms with E-state index in [1.807, 2.05) is 166 Å². The zero-order chi connectivity index (χ0) is 88.2. The molecule has 8 aromatic carbocycles. The number of carboxylic acids is 3. The highest BCUT2D eigenvalue weighted by molar-refractivity contribution is 14.1. The number of ether oxygens (including phenoxy) is 1. The standard InChI is InChI=1S/C36H31Cl2NO5.C31H23Cl2NO3.C14H12BrIO3.C9H7BClO2.C2HF3O.C2H6/c1-36(2,3)44-35(43)39-30-12-10-27(38)17-25(30)19-31(39)21-8-11-28-24(14-21)18-29(34(28)32(40)5-4-6-33(41)42)23-13-20-7-9-26(37)16-22(20)15-23;32-23-6-4-17-10-20(12-19(17)13-23)26-15-21-11-18(28-16-22-14-24(33)7-9-27(22)34-28)5-8-25(21)31(26)29(35)2-1-3-30(36)37;15-9-4-5-10-8(6-9)7-11(16)14(10)12(17)2-1-3-13(18)19;11-8-2-1-6-4-9(13-10-12)5-7(6)3-8;3-2(4,5)1-6;1-2/h7-12,14-17,19H,4-6,13,18H2,1-3H3,(H,41,42);4-9,11-14,16,34H,1-3,10,15H2,(H,36,37);4-6H,1-3,7H2,(H,18,19);1-3,5,12H,4H2;1H;1-2H3/i;;;;;1D. The number of allylic oxidation sites excluding steroid dienone is 9. The van der Waals surface area contributed by atoms with Gasteiger partial charge in [-0.05, 0) is 304 Å². The minimum Gasteiger partial charge on any atom is -0.540 e. The quantitative estimate of drug-likeness (QED) is 0.0255. The Hall–Kier alpha value is -9.89. The van der Waals surface area contributed by atoms with Gasteiger partial charge in [0.25, 0.3) is 0 Å². The van der Waals surface area contributed by atoms with Crippen molar-refractivity contribution in [3.63, 3.8) is 0 Å². The lowest BCUT2D eigenvalue weighted by molar-refractivity contribution is -0.156. The van der Waals surface area contributed by atoms with Gasteiger partial charge in [0, 0.05) is 125 Å². The van der Waals surface area contributed by atoms with Crippen LogP contribution in [0.1, 0.15) is 161 Å². The van der Waals surface area contributed by atoms with E-state index in [9.17, 15) is 46.7 Å². The molecule has 27 heteroatoms. The van der Waals surface area contributed by atoms with E-state index in [1.165, 1.54) is 11.1 Å². The minimum atomic E-state index is -4.64. The molecule has 2 aromatic heterocycles. The Morgan fingerprint density at radius 2 is 0.959 bits per heavy atom. The van der Waals surface area contributed by atoms with Gasteiger partial charge in [-0.2, -0.15) is 13.2 Å². The molecule has 1 radical (unpaired) electrons. The number of aromatic amines is 1. The number of carboxylic acid groups (broad SMARTS) is 3. The topological polar surface area (TPSA) is 257 Å². The van der Waals surface area contributed by atoms with Crippen molar-refractivity contribution in [1.82, 2.24) is 9.55 Å².